The van der Waals surface area contributed by atoms with E-state index in [0.717, 1.165) is 24.4 Å². The van der Waals surface area contributed by atoms with Crippen LogP contribution in [0, 0.1) is 6.92 Å². The summed E-state index contributed by atoms with van der Waals surface area (Å²) in [6.45, 7) is 1.72. The van der Waals surface area contributed by atoms with Gasteiger partial charge in [-0.2, -0.15) is 4.37 Å². The Morgan fingerprint density at radius 2 is 2.30 bits per heavy atom. The van der Waals surface area contributed by atoms with Crippen molar-refractivity contribution in [3.8, 4) is 0 Å². The number of carbonyl (C=O) groups excluding carboxylic acids is 1. The lowest BCUT2D eigenvalue weighted by atomic mass is 10.0. The third-order valence-electron chi connectivity index (χ3n) is 2.48. The Hall–Kier alpha value is -2.35. The number of aryl methyl sites for hydroxylation is 1. The topological polar surface area (TPSA) is 114 Å². The van der Waals surface area contributed by atoms with Crippen LogP contribution in [-0.2, 0) is 4.79 Å². The summed E-state index contributed by atoms with van der Waals surface area (Å²) in [6.07, 6.45) is 7.10. The monoisotopic (exact) mass is 291 g/mol. The van der Waals surface area contributed by atoms with Crippen LogP contribution >= 0.6 is 11.5 Å². The Balaban J connectivity index is 2.31. The molecular weight excluding hydrogens is 278 g/mol. The van der Waals surface area contributed by atoms with Gasteiger partial charge in [0.05, 0.1) is 0 Å². The SMILES string of the molecule is Cc1nsc(N=NC(C(N)=O)=C(O)C2=CCCC=C2)n1. The van der Waals surface area contributed by atoms with E-state index in [9.17, 15) is 9.90 Å². The second-order valence-electron chi connectivity index (χ2n) is 4.02. The van der Waals surface area contributed by atoms with E-state index in [1.54, 1.807) is 13.0 Å². The van der Waals surface area contributed by atoms with E-state index < -0.39 is 5.91 Å². The average molecular weight is 291 g/mol. The number of aliphatic hydroxyl groups excluding tert-OH is 1. The van der Waals surface area contributed by atoms with Crippen LogP contribution in [0.15, 0.2) is 45.5 Å². The number of allylic oxidation sites excluding steroid dienone is 3. The van der Waals surface area contributed by atoms with Crippen molar-refractivity contribution in [1.29, 1.82) is 0 Å². The minimum Gasteiger partial charge on any atom is -0.505 e. The maximum Gasteiger partial charge on any atom is 0.273 e. The largest absolute Gasteiger partial charge is 0.505 e. The summed E-state index contributed by atoms with van der Waals surface area (Å²) in [5, 5.41) is 17.8. The van der Waals surface area contributed by atoms with Crippen molar-refractivity contribution in [3.63, 3.8) is 0 Å². The quantitative estimate of drug-likeness (QED) is 0.503. The van der Waals surface area contributed by atoms with E-state index >= 15 is 0 Å². The number of aromatic nitrogens is 2. The van der Waals surface area contributed by atoms with Crippen molar-refractivity contribution in [2.75, 3.05) is 0 Å². The smallest absolute Gasteiger partial charge is 0.273 e. The number of hydrogen-bond donors (Lipinski definition) is 2. The zero-order valence-electron chi connectivity index (χ0n) is 10.8. The molecule has 1 amide bonds. The third kappa shape index (κ3) is 3.35. The first-order chi connectivity index (χ1) is 9.58. The molecule has 0 atom stereocenters. The molecule has 2 rings (SSSR count). The highest BCUT2D eigenvalue weighted by Gasteiger charge is 2.15. The molecule has 1 aliphatic carbocycles. The van der Waals surface area contributed by atoms with Crippen molar-refractivity contribution < 1.29 is 9.90 Å². The normalized spacial score (nSPS) is 16.1. The van der Waals surface area contributed by atoms with Crippen molar-refractivity contribution in [2.24, 2.45) is 16.0 Å². The van der Waals surface area contributed by atoms with Gasteiger partial charge in [-0.1, -0.05) is 18.2 Å². The molecule has 3 N–H and O–H groups in total. The van der Waals surface area contributed by atoms with Crippen LogP contribution < -0.4 is 5.73 Å². The number of rotatable bonds is 4. The minimum atomic E-state index is -0.854. The zero-order valence-corrected chi connectivity index (χ0v) is 11.6. The molecule has 1 aromatic rings. The van der Waals surface area contributed by atoms with Crippen LogP contribution in [-0.4, -0.2) is 20.4 Å². The highest BCUT2D eigenvalue weighted by molar-refractivity contribution is 7.09. The molecule has 0 unspecified atom stereocenters. The lowest BCUT2D eigenvalue weighted by molar-refractivity contribution is -0.114. The van der Waals surface area contributed by atoms with Gasteiger partial charge in [0, 0.05) is 17.1 Å². The first-order valence-electron chi connectivity index (χ1n) is 5.90. The molecule has 0 saturated carbocycles. The van der Waals surface area contributed by atoms with Gasteiger partial charge < -0.3 is 10.8 Å². The predicted octanol–water partition coefficient (Wildman–Crippen LogP) is 2.46. The van der Waals surface area contributed by atoms with Gasteiger partial charge in [0.25, 0.3) is 5.91 Å². The molecule has 0 saturated heterocycles. The molecule has 0 fully saturated rings. The molecule has 0 bridgehead atoms. The number of azo groups is 1. The lowest BCUT2D eigenvalue weighted by Gasteiger charge is -2.07. The second-order valence-corrected chi connectivity index (χ2v) is 4.76. The van der Waals surface area contributed by atoms with E-state index in [4.69, 9.17) is 5.73 Å². The summed E-state index contributed by atoms with van der Waals surface area (Å²) in [7, 11) is 0. The molecule has 1 aliphatic rings. The van der Waals surface area contributed by atoms with Crippen molar-refractivity contribution in [3.05, 3.63) is 41.1 Å². The summed E-state index contributed by atoms with van der Waals surface area (Å²) >= 11 is 1.04. The predicted molar refractivity (Wildman–Crippen MR) is 74.5 cm³/mol. The summed E-state index contributed by atoms with van der Waals surface area (Å²) in [4.78, 5) is 15.4. The molecule has 1 aromatic heterocycles. The van der Waals surface area contributed by atoms with Crippen LogP contribution in [0.5, 0.6) is 0 Å². The Kier molecular flexibility index (Phi) is 4.36. The van der Waals surface area contributed by atoms with Crippen LogP contribution in [0.25, 0.3) is 0 Å². The summed E-state index contributed by atoms with van der Waals surface area (Å²) in [5.41, 5.74) is 5.43. The summed E-state index contributed by atoms with van der Waals surface area (Å²) < 4.78 is 3.93. The molecule has 7 nitrogen and oxygen atoms in total. The number of amides is 1. The van der Waals surface area contributed by atoms with Crippen LogP contribution in [0.1, 0.15) is 18.7 Å². The number of carbonyl (C=O) groups is 1. The Morgan fingerprint density at radius 3 is 2.85 bits per heavy atom. The molecule has 0 spiro atoms. The fourth-order valence-electron chi connectivity index (χ4n) is 1.56. The number of nitrogens with two attached hydrogens (primary N) is 1. The molecule has 1 heterocycles. The molecule has 8 heteroatoms. The number of nitrogens with zero attached hydrogens (tertiary/aromatic N) is 4. The van der Waals surface area contributed by atoms with Gasteiger partial charge in [-0.05, 0) is 19.8 Å². The lowest BCUT2D eigenvalue weighted by Crippen LogP contribution is -2.15. The Bertz CT molecular complexity index is 642. The fourth-order valence-corrected chi connectivity index (χ4v) is 2.06. The summed E-state index contributed by atoms with van der Waals surface area (Å²) in [6, 6.07) is 0. The van der Waals surface area contributed by atoms with E-state index in [-0.39, 0.29) is 11.5 Å². The number of primary amides is 1. The van der Waals surface area contributed by atoms with Gasteiger partial charge in [-0.3, -0.25) is 4.79 Å². The van der Waals surface area contributed by atoms with Gasteiger partial charge >= 0.3 is 0 Å². The maximum absolute atomic E-state index is 11.4. The van der Waals surface area contributed by atoms with Crippen LogP contribution in [0.2, 0.25) is 0 Å². The van der Waals surface area contributed by atoms with Gasteiger partial charge in [0.15, 0.2) is 11.5 Å². The highest BCUT2D eigenvalue weighted by atomic mass is 32.1. The van der Waals surface area contributed by atoms with E-state index in [2.05, 4.69) is 19.6 Å². The Labute approximate surface area is 119 Å². The highest BCUT2D eigenvalue weighted by Crippen LogP contribution is 2.22. The van der Waals surface area contributed by atoms with E-state index in [0.29, 0.717) is 16.5 Å². The van der Waals surface area contributed by atoms with E-state index in [1.165, 1.54) is 0 Å². The van der Waals surface area contributed by atoms with Gasteiger partial charge in [-0.25, -0.2) is 4.98 Å². The van der Waals surface area contributed by atoms with Crippen LogP contribution in [0.4, 0.5) is 5.13 Å². The van der Waals surface area contributed by atoms with Gasteiger partial charge in [0.2, 0.25) is 5.13 Å². The van der Waals surface area contributed by atoms with Crippen molar-refractivity contribution in [1.82, 2.24) is 9.36 Å². The van der Waals surface area contributed by atoms with Gasteiger partial charge in [-0.15, -0.1) is 10.2 Å². The number of aliphatic hydroxyl groups is 1. The summed E-state index contributed by atoms with van der Waals surface area (Å²) in [5.74, 6) is -0.568. The molecule has 20 heavy (non-hydrogen) atoms. The third-order valence-corrected chi connectivity index (χ3v) is 3.17. The van der Waals surface area contributed by atoms with E-state index in [1.807, 2.05) is 12.2 Å². The molecule has 0 aliphatic heterocycles. The van der Waals surface area contributed by atoms with Gasteiger partial charge in [0.1, 0.15) is 5.82 Å². The Morgan fingerprint density at radius 1 is 1.50 bits per heavy atom. The minimum absolute atomic E-state index is 0.279. The number of hydrogen-bond acceptors (Lipinski definition) is 7. The molecular formula is C12H13N5O2S. The fraction of sp³-hybridized carbons (Fsp3) is 0.250. The molecule has 104 valence electrons. The average Bonchev–Trinajstić information content (AvgIpc) is 2.85. The standard InChI is InChI=1S/C12H13N5O2S/c1-7-14-12(20-17-7)16-15-9(11(13)19)10(18)8-5-3-2-4-6-8/h3,5-6,18H,2,4H2,1H3,(H2,13,19). The van der Waals surface area contributed by atoms with Crippen molar-refractivity contribution >= 4 is 22.6 Å². The molecule has 0 radical (unpaired) electrons. The maximum atomic E-state index is 11.4. The molecule has 0 aromatic carbocycles. The van der Waals surface area contributed by atoms with Crippen LogP contribution in [0.3, 0.4) is 0 Å². The first kappa shape index (κ1) is 14.1. The second kappa shape index (κ2) is 6.20. The zero-order chi connectivity index (χ0) is 14.5. The first-order valence-corrected chi connectivity index (χ1v) is 6.67. The van der Waals surface area contributed by atoms with Crippen molar-refractivity contribution in [2.45, 2.75) is 19.8 Å².